The van der Waals surface area contributed by atoms with Crippen molar-refractivity contribution in [3.63, 3.8) is 0 Å². The summed E-state index contributed by atoms with van der Waals surface area (Å²) in [5, 5.41) is 9.64. The zero-order chi connectivity index (χ0) is 15.7. The van der Waals surface area contributed by atoms with E-state index in [-0.39, 0.29) is 25.9 Å². The van der Waals surface area contributed by atoms with Crippen molar-refractivity contribution in [3.05, 3.63) is 35.4 Å². The first kappa shape index (κ1) is 16.3. The highest BCUT2D eigenvalue weighted by molar-refractivity contribution is 5.24. The molecule has 0 bridgehead atoms. The van der Waals surface area contributed by atoms with E-state index in [2.05, 4.69) is 26.0 Å². The normalized spacial score (nSPS) is 20.0. The van der Waals surface area contributed by atoms with Crippen LogP contribution in [0.1, 0.15) is 43.7 Å². The van der Waals surface area contributed by atoms with E-state index >= 15 is 0 Å². The highest BCUT2D eigenvalue weighted by Crippen LogP contribution is 2.38. The van der Waals surface area contributed by atoms with Crippen molar-refractivity contribution in [2.24, 2.45) is 0 Å². The monoisotopic (exact) mass is 301 g/mol. The Morgan fingerprint density at radius 3 is 2.10 bits per heavy atom. The summed E-state index contributed by atoms with van der Waals surface area (Å²) in [6, 6.07) is 8.19. The maximum atomic E-state index is 12.7. The molecule has 0 radical (unpaired) electrons. The van der Waals surface area contributed by atoms with E-state index in [1.807, 2.05) is 17.0 Å². The van der Waals surface area contributed by atoms with Crippen LogP contribution in [-0.4, -0.2) is 34.9 Å². The fourth-order valence-electron chi connectivity index (χ4n) is 2.63. The third kappa shape index (κ3) is 3.77. The Labute approximate surface area is 123 Å². The standard InChI is InChI=1S/C16H22F3NO/c1-12(2)14-5-3-13(4-6-14)11-20-9-7-15(21,8-10-20)16(17,18)19/h3-6,12,21H,7-11H2,1-2H3. The molecule has 1 saturated heterocycles. The summed E-state index contributed by atoms with van der Waals surface area (Å²) in [6.07, 6.45) is -5.03. The van der Waals surface area contributed by atoms with E-state index in [1.54, 1.807) is 0 Å². The number of nitrogens with zero attached hydrogens (tertiary/aromatic N) is 1. The molecule has 2 rings (SSSR count). The molecule has 1 aliphatic heterocycles. The number of alkyl halides is 3. The Hall–Kier alpha value is -1.07. The third-order valence-corrected chi connectivity index (χ3v) is 4.26. The van der Waals surface area contributed by atoms with Gasteiger partial charge in [-0.3, -0.25) is 4.90 Å². The first-order valence-electron chi connectivity index (χ1n) is 7.31. The Morgan fingerprint density at radius 2 is 1.67 bits per heavy atom. The van der Waals surface area contributed by atoms with Gasteiger partial charge >= 0.3 is 6.18 Å². The van der Waals surface area contributed by atoms with Gasteiger partial charge in [0.1, 0.15) is 0 Å². The van der Waals surface area contributed by atoms with Gasteiger partial charge in [-0.2, -0.15) is 13.2 Å². The molecule has 1 aliphatic rings. The summed E-state index contributed by atoms with van der Waals surface area (Å²) < 4.78 is 38.2. The molecule has 1 fully saturated rings. The number of benzene rings is 1. The van der Waals surface area contributed by atoms with E-state index in [9.17, 15) is 18.3 Å². The second kappa shape index (κ2) is 5.97. The molecule has 1 heterocycles. The molecule has 1 aromatic carbocycles. The van der Waals surface area contributed by atoms with Crippen molar-refractivity contribution in [2.75, 3.05) is 13.1 Å². The smallest absolute Gasteiger partial charge is 0.380 e. The second-order valence-corrected chi connectivity index (χ2v) is 6.20. The summed E-state index contributed by atoms with van der Waals surface area (Å²) in [6.45, 7) is 5.41. The van der Waals surface area contributed by atoms with Gasteiger partial charge in [0.25, 0.3) is 0 Å². The van der Waals surface area contributed by atoms with Crippen LogP contribution in [0.3, 0.4) is 0 Å². The molecule has 0 spiro atoms. The van der Waals surface area contributed by atoms with Crippen molar-refractivity contribution in [2.45, 2.75) is 50.9 Å². The van der Waals surface area contributed by atoms with E-state index in [0.717, 1.165) is 5.56 Å². The van der Waals surface area contributed by atoms with Gasteiger partial charge in [-0.1, -0.05) is 38.1 Å². The van der Waals surface area contributed by atoms with Gasteiger partial charge in [0.15, 0.2) is 5.60 Å². The predicted molar refractivity (Wildman–Crippen MR) is 76.0 cm³/mol. The lowest BCUT2D eigenvalue weighted by Gasteiger charge is -2.39. The highest BCUT2D eigenvalue weighted by Gasteiger charge is 2.54. The van der Waals surface area contributed by atoms with E-state index < -0.39 is 11.8 Å². The minimum absolute atomic E-state index is 0.249. The van der Waals surface area contributed by atoms with Crippen molar-refractivity contribution in [1.82, 2.24) is 4.90 Å². The van der Waals surface area contributed by atoms with Gasteiger partial charge in [0.2, 0.25) is 0 Å². The van der Waals surface area contributed by atoms with E-state index in [4.69, 9.17) is 0 Å². The molecule has 0 atom stereocenters. The van der Waals surface area contributed by atoms with Crippen LogP contribution in [0, 0.1) is 0 Å². The fourth-order valence-corrected chi connectivity index (χ4v) is 2.63. The summed E-state index contributed by atoms with van der Waals surface area (Å²) in [4.78, 5) is 1.96. The molecule has 0 amide bonds. The third-order valence-electron chi connectivity index (χ3n) is 4.26. The largest absolute Gasteiger partial charge is 0.417 e. The second-order valence-electron chi connectivity index (χ2n) is 6.20. The van der Waals surface area contributed by atoms with Crippen LogP contribution in [0.5, 0.6) is 0 Å². The molecule has 0 aliphatic carbocycles. The van der Waals surface area contributed by atoms with Crippen molar-refractivity contribution in [1.29, 1.82) is 0 Å². The lowest BCUT2D eigenvalue weighted by Crippen LogP contribution is -2.53. The molecule has 0 aromatic heterocycles. The Balaban J connectivity index is 1.92. The number of rotatable bonds is 3. The van der Waals surface area contributed by atoms with Gasteiger partial charge in [-0.25, -0.2) is 0 Å². The average molecular weight is 301 g/mol. The lowest BCUT2D eigenvalue weighted by molar-refractivity contribution is -0.272. The van der Waals surface area contributed by atoms with Crippen molar-refractivity contribution >= 4 is 0 Å². The molecule has 0 unspecified atom stereocenters. The number of halogens is 3. The van der Waals surface area contributed by atoms with Gasteiger partial charge in [-0.05, 0) is 29.9 Å². The molecule has 2 nitrogen and oxygen atoms in total. The van der Waals surface area contributed by atoms with Crippen molar-refractivity contribution < 1.29 is 18.3 Å². The van der Waals surface area contributed by atoms with E-state index in [0.29, 0.717) is 12.5 Å². The quantitative estimate of drug-likeness (QED) is 0.920. The highest BCUT2D eigenvalue weighted by atomic mass is 19.4. The van der Waals surface area contributed by atoms with Crippen LogP contribution in [0.2, 0.25) is 0 Å². The first-order chi connectivity index (χ1) is 9.71. The maximum Gasteiger partial charge on any atom is 0.417 e. The molecular weight excluding hydrogens is 279 g/mol. The van der Waals surface area contributed by atoms with Gasteiger partial charge < -0.3 is 5.11 Å². The van der Waals surface area contributed by atoms with Crippen LogP contribution >= 0.6 is 0 Å². The zero-order valence-electron chi connectivity index (χ0n) is 12.5. The van der Waals surface area contributed by atoms with Crippen LogP contribution in [0.25, 0.3) is 0 Å². The molecule has 1 N–H and O–H groups in total. The minimum Gasteiger partial charge on any atom is -0.380 e. The van der Waals surface area contributed by atoms with Crippen molar-refractivity contribution in [3.8, 4) is 0 Å². The molecule has 118 valence electrons. The van der Waals surface area contributed by atoms with E-state index in [1.165, 1.54) is 5.56 Å². The molecular formula is C16H22F3NO. The zero-order valence-corrected chi connectivity index (χ0v) is 12.5. The summed E-state index contributed by atoms with van der Waals surface area (Å²) >= 11 is 0. The summed E-state index contributed by atoms with van der Waals surface area (Å²) in [7, 11) is 0. The number of hydrogen-bond donors (Lipinski definition) is 1. The van der Waals surface area contributed by atoms with Gasteiger partial charge in [0, 0.05) is 19.6 Å². The fraction of sp³-hybridized carbons (Fsp3) is 0.625. The van der Waals surface area contributed by atoms with Gasteiger partial charge in [-0.15, -0.1) is 0 Å². The minimum atomic E-state index is -4.53. The molecule has 21 heavy (non-hydrogen) atoms. The molecule has 1 aromatic rings. The number of likely N-dealkylation sites (tertiary alicyclic amines) is 1. The number of aliphatic hydroxyl groups is 1. The van der Waals surface area contributed by atoms with Crippen LogP contribution in [0.15, 0.2) is 24.3 Å². The molecule has 0 saturated carbocycles. The molecule has 5 heteroatoms. The number of piperidine rings is 1. The lowest BCUT2D eigenvalue weighted by atomic mass is 9.90. The van der Waals surface area contributed by atoms with Gasteiger partial charge in [0.05, 0.1) is 0 Å². The Kier molecular flexibility index (Phi) is 4.63. The Bertz CT molecular complexity index is 459. The predicted octanol–water partition coefficient (Wildman–Crippen LogP) is 3.70. The topological polar surface area (TPSA) is 23.5 Å². The first-order valence-corrected chi connectivity index (χ1v) is 7.31. The number of hydrogen-bond acceptors (Lipinski definition) is 2. The Morgan fingerprint density at radius 1 is 1.14 bits per heavy atom. The maximum absolute atomic E-state index is 12.7. The SMILES string of the molecule is CC(C)c1ccc(CN2CCC(O)(C(F)(F)F)CC2)cc1. The summed E-state index contributed by atoms with van der Waals surface area (Å²) in [5.74, 6) is 0.468. The van der Waals surface area contributed by atoms with Crippen LogP contribution in [0.4, 0.5) is 13.2 Å². The van der Waals surface area contributed by atoms with Crippen LogP contribution in [-0.2, 0) is 6.54 Å². The summed E-state index contributed by atoms with van der Waals surface area (Å²) in [5.41, 5.74) is -0.161. The average Bonchev–Trinajstić information content (AvgIpc) is 2.41. The van der Waals surface area contributed by atoms with Crippen LogP contribution < -0.4 is 0 Å².